The fourth-order valence-corrected chi connectivity index (χ4v) is 3.41. The van der Waals surface area contributed by atoms with Gasteiger partial charge in [-0.3, -0.25) is 4.57 Å². The van der Waals surface area contributed by atoms with Gasteiger partial charge in [0.2, 0.25) is 5.95 Å². The van der Waals surface area contributed by atoms with Crippen LogP contribution in [-0.4, -0.2) is 53.8 Å². The number of halogens is 4. The summed E-state index contributed by atoms with van der Waals surface area (Å²) in [5, 5.41) is 19.5. The van der Waals surface area contributed by atoms with Gasteiger partial charge in [0.15, 0.2) is 23.1 Å². The van der Waals surface area contributed by atoms with Gasteiger partial charge in [0.1, 0.15) is 11.6 Å². The molecular formula is C14H17ClF3N5O4. The number of nitrogen functional groups attached to an aromatic ring is 1. The second-order valence-electron chi connectivity index (χ2n) is 6.20. The van der Waals surface area contributed by atoms with E-state index in [-0.39, 0.29) is 28.8 Å². The number of imidazole rings is 1. The van der Waals surface area contributed by atoms with Crippen LogP contribution in [0.4, 0.5) is 19.1 Å². The minimum Gasteiger partial charge on any atom is -0.388 e. The van der Waals surface area contributed by atoms with E-state index in [4.69, 9.17) is 22.1 Å². The van der Waals surface area contributed by atoms with Gasteiger partial charge in [-0.15, -0.1) is 0 Å². The van der Waals surface area contributed by atoms with Crippen LogP contribution in [-0.2, 0) is 11.3 Å². The standard InChI is InChI=1S/C14H17ClF3N5O4/c1-2-3-22-7-9(15)20-12(19)21-10(7)23(13(22)26)11-5(24)4-6(27-11)8(25)14(16,17)18/h5-6,8,11,24-25H,2-4H2,1H3,(H2,19,20,21)/t5-,6+,8?,11-/m1/s1. The first-order valence-corrected chi connectivity index (χ1v) is 8.46. The van der Waals surface area contributed by atoms with E-state index in [0.29, 0.717) is 6.42 Å². The Morgan fingerprint density at radius 3 is 2.70 bits per heavy atom. The van der Waals surface area contributed by atoms with Gasteiger partial charge < -0.3 is 20.7 Å². The summed E-state index contributed by atoms with van der Waals surface area (Å²) in [5.41, 5.74) is 4.94. The van der Waals surface area contributed by atoms with E-state index in [1.165, 1.54) is 4.57 Å². The van der Waals surface area contributed by atoms with Crippen molar-refractivity contribution in [2.75, 3.05) is 5.73 Å². The van der Waals surface area contributed by atoms with Crippen molar-refractivity contribution in [3.8, 4) is 0 Å². The highest BCUT2D eigenvalue weighted by molar-refractivity contribution is 6.33. The van der Waals surface area contributed by atoms with Crippen LogP contribution in [0.5, 0.6) is 0 Å². The molecule has 0 amide bonds. The second kappa shape index (κ2) is 6.93. The van der Waals surface area contributed by atoms with Crippen LogP contribution in [0, 0.1) is 0 Å². The minimum absolute atomic E-state index is 0.0721. The number of hydrogen-bond acceptors (Lipinski definition) is 7. The summed E-state index contributed by atoms with van der Waals surface area (Å²) >= 11 is 6.07. The number of hydrogen-bond donors (Lipinski definition) is 3. The van der Waals surface area contributed by atoms with Gasteiger partial charge in [-0.25, -0.2) is 9.36 Å². The van der Waals surface area contributed by atoms with Crippen molar-refractivity contribution in [2.24, 2.45) is 0 Å². The number of anilines is 1. The summed E-state index contributed by atoms with van der Waals surface area (Å²) in [5.74, 6) is -0.255. The number of fused-ring (bicyclic) bond motifs is 1. The summed E-state index contributed by atoms with van der Waals surface area (Å²) in [6.45, 7) is 2.03. The first-order chi connectivity index (χ1) is 12.6. The number of aryl methyl sites for hydroxylation is 1. The smallest absolute Gasteiger partial charge is 0.388 e. The van der Waals surface area contributed by atoms with Gasteiger partial charge in [-0.1, -0.05) is 18.5 Å². The molecule has 0 aliphatic carbocycles. The normalized spacial score (nSPS) is 24.6. The Labute approximate surface area is 155 Å². The molecule has 13 heteroatoms. The zero-order chi connectivity index (χ0) is 20.1. The van der Waals surface area contributed by atoms with E-state index in [1.54, 1.807) is 6.92 Å². The highest BCUT2D eigenvalue weighted by atomic mass is 35.5. The monoisotopic (exact) mass is 411 g/mol. The quantitative estimate of drug-likeness (QED) is 0.635. The van der Waals surface area contributed by atoms with Crippen molar-refractivity contribution in [1.82, 2.24) is 19.1 Å². The summed E-state index contributed by atoms with van der Waals surface area (Å²) in [4.78, 5) is 20.6. The van der Waals surface area contributed by atoms with E-state index < -0.39 is 42.8 Å². The minimum atomic E-state index is -4.93. The zero-order valence-electron chi connectivity index (χ0n) is 14.0. The Morgan fingerprint density at radius 2 is 2.11 bits per heavy atom. The molecule has 1 saturated heterocycles. The zero-order valence-corrected chi connectivity index (χ0v) is 14.8. The lowest BCUT2D eigenvalue weighted by Crippen LogP contribution is -2.39. The van der Waals surface area contributed by atoms with E-state index in [1.807, 2.05) is 0 Å². The van der Waals surface area contributed by atoms with Crippen molar-refractivity contribution >= 4 is 28.7 Å². The predicted octanol–water partition coefficient (Wildman–Crippen LogP) is 0.810. The first kappa shape index (κ1) is 19.9. The molecule has 0 aromatic carbocycles. The van der Waals surface area contributed by atoms with Crippen LogP contribution < -0.4 is 11.4 Å². The molecule has 0 spiro atoms. The second-order valence-corrected chi connectivity index (χ2v) is 6.56. The van der Waals surface area contributed by atoms with E-state index in [9.17, 15) is 28.2 Å². The molecule has 0 radical (unpaired) electrons. The van der Waals surface area contributed by atoms with Crippen molar-refractivity contribution < 1.29 is 28.1 Å². The predicted molar refractivity (Wildman–Crippen MR) is 88.1 cm³/mol. The maximum absolute atomic E-state index is 12.8. The molecule has 3 heterocycles. The molecule has 3 rings (SSSR count). The Hall–Kier alpha value is -1.89. The number of ether oxygens (including phenoxy) is 1. The summed E-state index contributed by atoms with van der Waals surface area (Å²) in [6.07, 6.45) is -12.4. The van der Waals surface area contributed by atoms with Crippen LogP contribution in [0.3, 0.4) is 0 Å². The summed E-state index contributed by atoms with van der Waals surface area (Å²) < 4.78 is 45.6. The lowest BCUT2D eigenvalue weighted by molar-refractivity contribution is -0.237. The number of nitrogens with two attached hydrogens (primary N) is 1. The highest BCUT2D eigenvalue weighted by Gasteiger charge is 2.50. The van der Waals surface area contributed by atoms with Gasteiger partial charge >= 0.3 is 11.9 Å². The molecule has 27 heavy (non-hydrogen) atoms. The van der Waals surface area contributed by atoms with Crippen LogP contribution in [0.15, 0.2) is 4.79 Å². The molecule has 2 aromatic heterocycles. The Kier molecular flexibility index (Phi) is 5.10. The van der Waals surface area contributed by atoms with Gasteiger partial charge in [0.25, 0.3) is 0 Å². The van der Waals surface area contributed by atoms with Crippen molar-refractivity contribution in [3.05, 3.63) is 15.6 Å². The molecule has 150 valence electrons. The molecule has 0 bridgehead atoms. The van der Waals surface area contributed by atoms with Crippen molar-refractivity contribution in [1.29, 1.82) is 0 Å². The number of alkyl halides is 3. The molecule has 1 unspecified atom stereocenters. The summed E-state index contributed by atoms with van der Waals surface area (Å²) in [6, 6.07) is 0. The third-order valence-electron chi connectivity index (χ3n) is 4.28. The molecule has 9 nitrogen and oxygen atoms in total. The highest BCUT2D eigenvalue weighted by Crippen LogP contribution is 2.36. The van der Waals surface area contributed by atoms with Crippen LogP contribution in [0.1, 0.15) is 26.0 Å². The molecule has 2 aromatic rings. The first-order valence-electron chi connectivity index (χ1n) is 8.08. The van der Waals surface area contributed by atoms with Gasteiger partial charge in [-0.2, -0.15) is 23.1 Å². The molecule has 0 saturated carbocycles. The van der Waals surface area contributed by atoms with E-state index in [2.05, 4.69) is 9.97 Å². The average molecular weight is 412 g/mol. The average Bonchev–Trinajstić information content (AvgIpc) is 3.04. The number of rotatable bonds is 4. The Balaban J connectivity index is 2.12. The third kappa shape index (κ3) is 3.37. The topological polar surface area (TPSA) is 128 Å². The molecule has 1 aliphatic heterocycles. The third-order valence-corrected chi connectivity index (χ3v) is 4.55. The SMILES string of the molecule is CCCn1c(=O)n([C@@H]2O[C@H](C(O)C(F)(F)F)C[C@H]2O)c2nc(N)nc(Cl)c21. The number of aromatic nitrogens is 4. The lowest BCUT2D eigenvalue weighted by atomic mass is 10.1. The Morgan fingerprint density at radius 1 is 1.44 bits per heavy atom. The fraction of sp³-hybridized carbons (Fsp3) is 0.643. The maximum Gasteiger partial charge on any atom is 0.416 e. The van der Waals surface area contributed by atoms with Gasteiger partial charge in [-0.05, 0) is 6.42 Å². The van der Waals surface area contributed by atoms with E-state index >= 15 is 0 Å². The van der Waals surface area contributed by atoms with E-state index in [0.717, 1.165) is 4.57 Å². The lowest BCUT2D eigenvalue weighted by Gasteiger charge is -2.21. The van der Waals surface area contributed by atoms with Crippen LogP contribution >= 0.6 is 11.6 Å². The van der Waals surface area contributed by atoms with Crippen molar-refractivity contribution in [2.45, 2.75) is 57.0 Å². The maximum atomic E-state index is 12.8. The fourth-order valence-electron chi connectivity index (χ4n) is 3.14. The van der Waals surface area contributed by atoms with Crippen molar-refractivity contribution in [3.63, 3.8) is 0 Å². The van der Waals surface area contributed by atoms with Gasteiger partial charge in [0.05, 0.1) is 6.10 Å². The summed E-state index contributed by atoms with van der Waals surface area (Å²) in [7, 11) is 0. The molecule has 4 N–H and O–H groups in total. The van der Waals surface area contributed by atoms with Crippen LogP contribution in [0.2, 0.25) is 5.15 Å². The number of aliphatic hydroxyl groups excluding tert-OH is 2. The largest absolute Gasteiger partial charge is 0.416 e. The molecular weight excluding hydrogens is 395 g/mol. The van der Waals surface area contributed by atoms with Gasteiger partial charge in [0, 0.05) is 13.0 Å². The number of nitrogens with zero attached hydrogens (tertiary/aromatic N) is 4. The molecule has 4 atom stereocenters. The number of aliphatic hydroxyl groups is 2. The van der Waals surface area contributed by atoms with Crippen LogP contribution in [0.25, 0.3) is 11.2 Å². The Bertz CT molecular complexity index is 915. The molecule has 1 fully saturated rings. The molecule has 1 aliphatic rings.